The highest BCUT2D eigenvalue weighted by Gasteiger charge is 2.10. The summed E-state index contributed by atoms with van der Waals surface area (Å²) in [5.41, 5.74) is 2.93. The quantitative estimate of drug-likeness (QED) is 0.605. The van der Waals surface area contributed by atoms with E-state index in [0.717, 1.165) is 11.3 Å². The topological polar surface area (TPSA) is 83.1 Å². The number of rotatable bonds is 5. The van der Waals surface area contributed by atoms with Gasteiger partial charge in [-0.1, -0.05) is 30.3 Å². The third-order valence-electron chi connectivity index (χ3n) is 3.62. The molecule has 0 bridgehead atoms. The van der Waals surface area contributed by atoms with Crippen LogP contribution < -0.4 is 16.0 Å². The van der Waals surface area contributed by atoms with Gasteiger partial charge in [-0.05, 0) is 38.1 Å². The maximum absolute atomic E-state index is 12.4. The van der Waals surface area contributed by atoms with Crippen LogP contribution in [0.15, 0.2) is 60.0 Å². The molecule has 1 heterocycles. The van der Waals surface area contributed by atoms with Crippen LogP contribution in [-0.2, 0) is 0 Å². The minimum atomic E-state index is -0.279. The summed E-state index contributed by atoms with van der Waals surface area (Å²) in [7, 11) is 0. The van der Waals surface area contributed by atoms with E-state index < -0.39 is 0 Å². The van der Waals surface area contributed by atoms with Crippen LogP contribution in [0.1, 0.15) is 24.2 Å². The lowest BCUT2D eigenvalue weighted by Crippen LogP contribution is -2.34. The van der Waals surface area contributed by atoms with E-state index >= 15 is 0 Å². The van der Waals surface area contributed by atoms with Crippen molar-refractivity contribution in [2.45, 2.75) is 19.9 Å². The van der Waals surface area contributed by atoms with E-state index in [1.807, 2.05) is 49.6 Å². The maximum Gasteiger partial charge on any atom is 0.319 e. The molecule has 0 unspecified atom stereocenters. The normalized spacial score (nSPS) is 10.5. The smallest absolute Gasteiger partial charge is 0.319 e. The molecule has 3 amide bonds. The summed E-state index contributed by atoms with van der Waals surface area (Å²) >= 11 is 1.38. The Morgan fingerprint density at radius 2 is 1.67 bits per heavy atom. The van der Waals surface area contributed by atoms with Crippen molar-refractivity contribution in [1.29, 1.82) is 0 Å². The molecule has 0 aliphatic carbocycles. The zero-order chi connectivity index (χ0) is 19.2. The first kappa shape index (κ1) is 18.6. The van der Waals surface area contributed by atoms with Crippen LogP contribution in [0.3, 0.4) is 0 Å². The van der Waals surface area contributed by atoms with Crippen LogP contribution in [0.25, 0.3) is 11.3 Å². The number of hydrogen-bond donors (Lipinski definition) is 3. The van der Waals surface area contributed by atoms with Crippen molar-refractivity contribution in [3.63, 3.8) is 0 Å². The molecule has 138 valence electrons. The van der Waals surface area contributed by atoms with E-state index in [-0.39, 0.29) is 18.0 Å². The third kappa shape index (κ3) is 5.15. The Morgan fingerprint density at radius 1 is 0.963 bits per heavy atom. The number of nitrogens with one attached hydrogen (secondary N) is 3. The van der Waals surface area contributed by atoms with Crippen molar-refractivity contribution in [3.8, 4) is 11.3 Å². The fourth-order valence-corrected chi connectivity index (χ4v) is 3.09. The first-order chi connectivity index (χ1) is 13.0. The van der Waals surface area contributed by atoms with E-state index in [1.54, 1.807) is 24.3 Å². The van der Waals surface area contributed by atoms with Gasteiger partial charge in [-0.25, -0.2) is 9.78 Å². The first-order valence-corrected chi connectivity index (χ1v) is 9.39. The van der Waals surface area contributed by atoms with Crippen molar-refractivity contribution in [1.82, 2.24) is 10.3 Å². The second kappa shape index (κ2) is 8.46. The molecule has 1 aromatic heterocycles. The third-order valence-corrected chi connectivity index (χ3v) is 4.38. The number of carbonyl (C=O) groups is 2. The first-order valence-electron chi connectivity index (χ1n) is 8.51. The largest absolute Gasteiger partial charge is 0.336 e. The molecule has 7 heteroatoms. The van der Waals surface area contributed by atoms with Crippen molar-refractivity contribution in [2.75, 3.05) is 10.6 Å². The predicted molar refractivity (Wildman–Crippen MR) is 109 cm³/mol. The number of carbonyl (C=O) groups excluding carboxylic acids is 2. The number of amides is 3. The fraction of sp³-hybridized carbons (Fsp3) is 0.150. The zero-order valence-corrected chi connectivity index (χ0v) is 15.8. The molecule has 0 aliphatic heterocycles. The molecule has 6 nitrogen and oxygen atoms in total. The number of anilines is 2. The predicted octanol–water partition coefficient (Wildman–Crippen LogP) is 4.59. The Bertz CT molecular complexity index is 921. The zero-order valence-electron chi connectivity index (χ0n) is 15.0. The monoisotopic (exact) mass is 380 g/mol. The minimum absolute atomic E-state index is 0.0501. The molecule has 0 radical (unpaired) electrons. The molecular formula is C20H20N4O2S. The molecule has 0 fully saturated rings. The summed E-state index contributed by atoms with van der Waals surface area (Å²) in [6.45, 7) is 3.77. The summed E-state index contributed by atoms with van der Waals surface area (Å²) in [5, 5.41) is 10.7. The van der Waals surface area contributed by atoms with Crippen molar-refractivity contribution in [2.24, 2.45) is 0 Å². The van der Waals surface area contributed by atoms with E-state index in [0.29, 0.717) is 16.4 Å². The summed E-state index contributed by atoms with van der Waals surface area (Å²) in [4.78, 5) is 28.5. The number of nitrogens with zero attached hydrogens (tertiary/aromatic N) is 1. The number of thiazole rings is 1. The highest BCUT2D eigenvalue weighted by atomic mass is 32.1. The number of benzene rings is 2. The van der Waals surface area contributed by atoms with Gasteiger partial charge in [-0.15, -0.1) is 11.3 Å². The Balaban J connectivity index is 1.61. The van der Waals surface area contributed by atoms with Crippen molar-refractivity contribution < 1.29 is 9.59 Å². The van der Waals surface area contributed by atoms with Gasteiger partial charge in [0, 0.05) is 28.2 Å². The molecule has 2 aromatic carbocycles. The summed E-state index contributed by atoms with van der Waals surface area (Å²) in [5.74, 6) is -0.248. The highest BCUT2D eigenvalue weighted by Crippen LogP contribution is 2.25. The summed E-state index contributed by atoms with van der Waals surface area (Å²) in [6, 6.07) is 16.3. The maximum atomic E-state index is 12.4. The van der Waals surface area contributed by atoms with Gasteiger partial charge in [0.2, 0.25) is 0 Å². The van der Waals surface area contributed by atoms with Crippen LogP contribution >= 0.6 is 11.3 Å². The average molecular weight is 380 g/mol. The fourth-order valence-electron chi connectivity index (χ4n) is 2.38. The van der Waals surface area contributed by atoms with Crippen LogP contribution in [0, 0.1) is 0 Å². The minimum Gasteiger partial charge on any atom is -0.336 e. The molecule has 3 rings (SSSR count). The molecule has 3 aromatic rings. The lowest BCUT2D eigenvalue weighted by molar-refractivity contribution is 0.102. The van der Waals surface area contributed by atoms with Gasteiger partial charge < -0.3 is 10.6 Å². The van der Waals surface area contributed by atoms with Gasteiger partial charge in [-0.2, -0.15) is 0 Å². The van der Waals surface area contributed by atoms with Crippen LogP contribution in [0.2, 0.25) is 0 Å². The van der Waals surface area contributed by atoms with Crippen LogP contribution in [0.4, 0.5) is 15.6 Å². The summed E-state index contributed by atoms with van der Waals surface area (Å²) in [6.07, 6.45) is 0. The Morgan fingerprint density at radius 3 is 2.33 bits per heavy atom. The number of aromatic nitrogens is 1. The van der Waals surface area contributed by atoms with E-state index in [4.69, 9.17) is 0 Å². The Kier molecular flexibility index (Phi) is 5.83. The second-order valence-corrected chi connectivity index (χ2v) is 7.05. The number of hydrogen-bond acceptors (Lipinski definition) is 4. The number of urea groups is 1. The summed E-state index contributed by atoms with van der Waals surface area (Å²) < 4.78 is 0. The lowest BCUT2D eigenvalue weighted by atomic mass is 10.2. The van der Waals surface area contributed by atoms with Gasteiger partial charge in [-0.3, -0.25) is 10.1 Å². The second-order valence-electron chi connectivity index (χ2n) is 6.19. The van der Waals surface area contributed by atoms with Gasteiger partial charge in [0.15, 0.2) is 5.13 Å². The standard InChI is InChI=1S/C20H20N4O2S/c1-13(2)21-19(26)22-16-10-8-15(9-11-16)18(25)24-20-23-17(12-27-20)14-6-4-3-5-7-14/h3-13H,1-2H3,(H2,21,22,26)(H,23,24,25). The Labute approximate surface area is 161 Å². The van der Waals surface area contributed by atoms with Crippen molar-refractivity contribution in [3.05, 3.63) is 65.5 Å². The van der Waals surface area contributed by atoms with Crippen molar-refractivity contribution >= 4 is 34.1 Å². The lowest BCUT2D eigenvalue weighted by Gasteiger charge is -2.10. The van der Waals surface area contributed by atoms with E-state index in [1.165, 1.54) is 11.3 Å². The van der Waals surface area contributed by atoms with Gasteiger partial charge in [0.25, 0.3) is 5.91 Å². The molecule has 0 spiro atoms. The van der Waals surface area contributed by atoms with Gasteiger partial charge >= 0.3 is 6.03 Å². The molecule has 0 aliphatic rings. The SMILES string of the molecule is CC(C)NC(=O)Nc1ccc(C(=O)Nc2nc(-c3ccccc3)cs2)cc1. The molecule has 0 saturated carbocycles. The average Bonchev–Trinajstić information content (AvgIpc) is 3.11. The molecule has 3 N–H and O–H groups in total. The molecule has 0 saturated heterocycles. The van der Waals surface area contributed by atoms with Gasteiger partial charge in [0.05, 0.1) is 5.69 Å². The van der Waals surface area contributed by atoms with Gasteiger partial charge in [0.1, 0.15) is 0 Å². The Hall–Kier alpha value is -3.19. The van der Waals surface area contributed by atoms with Crippen LogP contribution in [0.5, 0.6) is 0 Å². The van der Waals surface area contributed by atoms with E-state index in [2.05, 4.69) is 20.9 Å². The highest BCUT2D eigenvalue weighted by molar-refractivity contribution is 7.14. The molecular weight excluding hydrogens is 360 g/mol. The van der Waals surface area contributed by atoms with E-state index in [9.17, 15) is 9.59 Å². The molecule has 27 heavy (non-hydrogen) atoms. The molecule has 0 atom stereocenters. The van der Waals surface area contributed by atoms with Crippen LogP contribution in [-0.4, -0.2) is 23.0 Å².